The monoisotopic (exact) mass is 217 g/mol. The molecule has 0 aromatic heterocycles. The first kappa shape index (κ1) is 10.4. The van der Waals surface area contributed by atoms with Gasteiger partial charge in [0.2, 0.25) is 5.72 Å². The van der Waals surface area contributed by atoms with Crippen molar-refractivity contribution in [2.24, 2.45) is 0 Å². The number of fused-ring (bicyclic) bond motifs is 1. The van der Waals surface area contributed by atoms with Crippen LogP contribution in [0.2, 0.25) is 0 Å². The minimum Gasteiger partial charge on any atom is -0.364 e. The van der Waals surface area contributed by atoms with Crippen LogP contribution in [0.15, 0.2) is 24.3 Å². The average molecular weight is 217 g/mol. The molecule has 0 saturated carbocycles. The third-order valence-corrected chi connectivity index (χ3v) is 2.75. The van der Waals surface area contributed by atoms with Crippen LogP contribution >= 0.6 is 0 Å². The zero-order valence-corrected chi connectivity index (χ0v) is 8.04. The first-order chi connectivity index (χ1) is 6.87. The highest BCUT2D eigenvalue weighted by atomic mass is 19.4. The molecular formula is C10H10F3NO. The Balaban J connectivity index is 2.59. The van der Waals surface area contributed by atoms with Gasteiger partial charge in [-0.1, -0.05) is 24.3 Å². The van der Waals surface area contributed by atoms with Gasteiger partial charge in [-0.05, 0) is 12.6 Å². The lowest BCUT2D eigenvalue weighted by Crippen LogP contribution is -2.50. The van der Waals surface area contributed by atoms with E-state index >= 15 is 0 Å². The molecule has 15 heavy (non-hydrogen) atoms. The number of hydrogen-bond acceptors (Lipinski definition) is 2. The number of hydrogen-bond donors (Lipinski definition) is 1. The van der Waals surface area contributed by atoms with E-state index in [1.165, 1.54) is 19.2 Å². The molecule has 1 aliphatic heterocycles. The van der Waals surface area contributed by atoms with Crippen LogP contribution in [0.1, 0.15) is 11.1 Å². The van der Waals surface area contributed by atoms with Gasteiger partial charge in [0.15, 0.2) is 0 Å². The second-order valence-corrected chi connectivity index (χ2v) is 3.68. The Kier molecular flexibility index (Phi) is 2.06. The van der Waals surface area contributed by atoms with Gasteiger partial charge in [-0.15, -0.1) is 0 Å². The average Bonchev–Trinajstić information content (AvgIpc) is 2.40. The number of halogens is 3. The van der Waals surface area contributed by atoms with Crippen molar-refractivity contribution in [1.82, 2.24) is 4.90 Å². The van der Waals surface area contributed by atoms with Crippen LogP contribution < -0.4 is 0 Å². The molecule has 1 aromatic rings. The van der Waals surface area contributed by atoms with Crippen LogP contribution in [-0.2, 0) is 12.3 Å². The fourth-order valence-corrected chi connectivity index (χ4v) is 1.94. The van der Waals surface area contributed by atoms with Crippen molar-refractivity contribution in [1.29, 1.82) is 0 Å². The molecular weight excluding hydrogens is 207 g/mol. The molecule has 1 heterocycles. The van der Waals surface area contributed by atoms with E-state index in [-0.39, 0.29) is 12.1 Å². The highest BCUT2D eigenvalue weighted by Crippen LogP contribution is 2.46. The third kappa shape index (κ3) is 1.27. The van der Waals surface area contributed by atoms with Gasteiger partial charge in [-0.25, -0.2) is 0 Å². The molecule has 1 atom stereocenters. The standard InChI is InChI=1S/C10H10F3NO/c1-14-6-7-4-2-3-5-8(7)9(14,15)10(11,12)13/h2-5,15H,6H2,1H3/t9-/m1/s1. The molecule has 0 fully saturated rings. The van der Waals surface area contributed by atoms with Gasteiger partial charge in [-0.2, -0.15) is 13.2 Å². The fraction of sp³-hybridized carbons (Fsp3) is 0.400. The second kappa shape index (κ2) is 2.96. The quantitative estimate of drug-likeness (QED) is 0.716. The van der Waals surface area contributed by atoms with Crippen molar-refractivity contribution in [3.63, 3.8) is 0 Å². The maximum Gasteiger partial charge on any atom is 0.435 e. The van der Waals surface area contributed by atoms with Crippen molar-refractivity contribution in [3.8, 4) is 0 Å². The lowest BCUT2D eigenvalue weighted by atomic mass is 10.0. The normalized spacial score (nSPS) is 26.7. The third-order valence-electron chi connectivity index (χ3n) is 2.75. The summed E-state index contributed by atoms with van der Waals surface area (Å²) in [5, 5.41) is 9.75. The van der Waals surface area contributed by atoms with E-state index in [1.54, 1.807) is 12.1 Å². The van der Waals surface area contributed by atoms with Crippen molar-refractivity contribution in [2.75, 3.05) is 7.05 Å². The van der Waals surface area contributed by atoms with Crippen molar-refractivity contribution in [3.05, 3.63) is 35.4 Å². The first-order valence-corrected chi connectivity index (χ1v) is 4.46. The van der Waals surface area contributed by atoms with Crippen LogP contribution in [0.25, 0.3) is 0 Å². The minimum atomic E-state index is -4.69. The highest BCUT2D eigenvalue weighted by Gasteiger charge is 2.61. The van der Waals surface area contributed by atoms with Gasteiger partial charge in [-0.3, -0.25) is 4.90 Å². The zero-order chi connectivity index (χ0) is 11.3. The van der Waals surface area contributed by atoms with Gasteiger partial charge >= 0.3 is 6.18 Å². The van der Waals surface area contributed by atoms with Crippen LogP contribution in [0.3, 0.4) is 0 Å². The molecule has 5 heteroatoms. The second-order valence-electron chi connectivity index (χ2n) is 3.68. The predicted molar refractivity (Wildman–Crippen MR) is 47.9 cm³/mol. The summed E-state index contributed by atoms with van der Waals surface area (Å²) in [6, 6.07) is 6.06. The predicted octanol–water partition coefficient (Wildman–Crippen LogP) is 1.84. The Morgan fingerprint density at radius 2 is 1.93 bits per heavy atom. The SMILES string of the molecule is CN1Cc2ccccc2[C@@]1(O)C(F)(F)F. The maximum atomic E-state index is 12.8. The van der Waals surface area contributed by atoms with Crippen LogP contribution in [0.4, 0.5) is 13.2 Å². The van der Waals surface area contributed by atoms with Crippen molar-refractivity contribution in [2.45, 2.75) is 18.4 Å². The zero-order valence-electron chi connectivity index (χ0n) is 8.04. The summed E-state index contributed by atoms with van der Waals surface area (Å²) in [5.41, 5.74) is -2.40. The van der Waals surface area contributed by atoms with Crippen molar-refractivity contribution >= 4 is 0 Å². The van der Waals surface area contributed by atoms with E-state index in [2.05, 4.69) is 0 Å². The van der Waals surface area contributed by atoms with Crippen LogP contribution in [0, 0.1) is 0 Å². The van der Waals surface area contributed by atoms with Crippen LogP contribution in [-0.4, -0.2) is 23.2 Å². The molecule has 82 valence electrons. The summed E-state index contributed by atoms with van der Waals surface area (Å²) >= 11 is 0. The van der Waals surface area contributed by atoms with Gasteiger partial charge in [0.1, 0.15) is 0 Å². The highest BCUT2D eigenvalue weighted by molar-refractivity contribution is 5.37. The summed E-state index contributed by atoms with van der Waals surface area (Å²) < 4.78 is 38.3. The van der Waals surface area contributed by atoms with E-state index in [0.717, 1.165) is 4.90 Å². The molecule has 0 aliphatic carbocycles. The Hall–Kier alpha value is -1.07. The molecule has 2 rings (SSSR count). The lowest BCUT2D eigenvalue weighted by Gasteiger charge is -2.33. The Morgan fingerprint density at radius 1 is 1.33 bits per heavy atom. The lowest BCUT2D eigenvalue weighted by molar-refractivity contribution is -0.315. The molecule has 1 N–H and O–H groups in total. The molecule has 0 saturated heterocycles. The Bertz CT molecular complexity index is 390. The van der Waals surface area contributed by atoms with Gasteiger partial charge in [0.25, 0.3) is 0 Å². The molecule has 1 aliphatic rings. The summed E-state index contributed by atoms with van der Waals surface area (Å²) in [6.45, 7) is 0.103. The molecule has 0 unspecified atom stereocenters. The maximum absolute atomic E-state index is 12.8. The number of alkyl halides is 3. The largest absolute Gasteiger partial charge is 0.435 e. The fourth-order valence-electron chi connectivity index (χ4n) is 1.94. The van der Waals surface area contributed by atoms with E-state index in [0.29, 0.717) is 5.56 Å². The number of benzene rings is 1. The van der Waals surface area contributed by atoms with E-state index in [9.17, 15) is 18.3 Å². The van der Waals surface area contributed by atoms with Gasteiger partial charge < -0.3 is 5.11 Å². The molecule has 2 nitrogen and oxygen atoms in total. The molecule has 0 bridgehead atoms. The Morgan fingerprint density at radius 3 is 2.53 bits per heavy atom. The van der Waals surface area contributed by atoms with Gasteiger partial charge in [0.05, 0.1) is 0 Å². The molecule has 0 amide bonds. The minimum absolute atomic E-state index is 0.0694. The smallest absolute Gasteiger partial charge is 0.364 e. The molecule has 0 spiro atoms. The van der Waals surface area contributed by atoms with E-state index in [1.807, 2.05) is 0 Å². The van der Waals surface area contributed by atoms with Gasteiger partial charge in [0, 0.05) is 12.1 Å². The summed E-state index contributed by atoms with van der Waals surface area (Å²) in [4.78, 5) is 0.900. The summed E-state index contributed by atoms with van der Waals surface area (Å²) in [7, 11) is 1.26. The topological polar surface area (TPSA) is 23.5 Å². The number of aliphatic hydroxyl groups is 1. The van der Waals surface area contributed by atoms with Crippen LogP contribution in [0.5, 0.6) is 0 Å². The van der Waals surface area contributed by atoms with Crippen molar-refractivity contribution < 1.29 is 18.3 Å². The molecule has 0 radical (unpaired) electrons. The molecule has 1 aromatic carbocycles. The summed E-state index contributed by atoms with van der Waals surface area (Å²) in [6.07, 6.45) is -4.69. The summed E-state index contributed by atoms with van der Waals surface area (Å²) in [5.74, 6) is 0. The number of rotatable bonds is 0. The first-order valence-electron chi connectivity index (χ1n) is 4.46. The van der Waals surface area contributed by atoms with E-state index < -0.39 is 11.9 Å². The number of nitrogens with zero attached hydrogens (tertiary/aromatic N) is 1. The van der Waals surface area contributed by atoms with E-state index in [4.69, 9.17) is 0 Å². The Labute approximate surface area is 84.9 Å².